The summed E-state index contributed by atoms with van der Waals surface area (Å²) in [6.07, 6.45) is 5.47. The molecule has 0 N–H and O–H groups in total. The van der Waals surface area contributed by atoms with Crippen molar-refractivity contribution in [3.8, 4) is 0 Å². The van der Waals surface area contributed by atoms with Crippen molar-refractivity contribution in [1.29, 1.82) is 0 Å². The first-order chi connectivity index (χ1) is 8.22. The number of hydrogen-bond donors (Lipinski definition) is 0. The van der Waals surface area contributed by atoms with Gasteiger partial charge in [0.1, 0.15) is 5.78 Å². The van der Waals surface area contributed by atoms with E-state index in [1.807, 2.05) is 12.1 Å². The highest BCUT2D eigenvalue weighted by Gasteiger charge is 2.40. The first-order valence-electron chi connectivity index (χ1n) is 6.49. The Morgan fingerprint density at radius 3 is 2.53 bits per heavy atom. The molecule has 0 spiro atoms. The van der Waals surface area contributed by atoms with E-state index in [0.29, 0.717) is 23.5 Å². The molecule has 1 aromatic carbocycles. The standard InChI is InChI=1S/C15H17ClO/c16-14-5-1-10(2-6-14)7-13-8-12-4-3-11(13)9-15(12)17/h1-2,5-6,11-13H,3-4,7-9H2. The van der Waals surface area contributed by atoms with E-state index in [9.17, 15) is 4.79 Å². The molecule has 3 aliphatic rings. The van der Waals surface area contributed by atoms with Crippen LogP contribution in [0.2, 0.25) is 5.02 Å². The Labute approximate surface area is 107 Å². The van der Waals surface area contributed by atoms with Crippen molar-refractivity contribution in [3.63, 3.8) is 0 Å². The van der Waals surface area contributed by atoms with Crippen LogP contribution in [0.1, 0.15) is 31.2 Å². The molecule has 0 radical (unpaired) electrons. The van der Waals surface area contributed by atoms with Crippen LogP contribution in [0.5, 0.6) is 0 Å². The molecule has 17 heavy (non-hydrogen) atoms. The second-order valence-corrected chi connectivity index (χ2v) is 5.97. The summed E-state index contributed by atoms with van der Waals surface area (Å²) in [5.74, 6) is 2.25. The number of ketones is 1. The summed E-state index contributed by atoms with van der Waals surface area (Å²) in [6.45, 7) is 0. The zero-order chi connectivity index (χ0) is 11.8. The average Bonchev–Trinajstić information content (AvgIpc) is 2.34. The third kappa shape index (κ3) is 2.26. The van der Waals surface area contributed by atoms with Crippen LogP contribution >= 0.6 is 11.6 Å². The minimum atomic E-state index is 0.373. The summed E-state index contributed by atoms with van der Waals surface area (Å²) in [4.78, 5) is 11.7. The Kier molecular flexibility index (Phi) is 2.96. The molecule has 3 unspecified atom stereocenters. The van der Waals surface area contributed by atoms with Gasteiger partial charge in [-0.05, 0) is 55.2 Å². The van der Waals surface area contributed by atoms with Crippen molar-refractivity contribution in [2.45, 2.75) is 32.1 Å². The normalized spacial score (nSPS) is 31.8. The minimum absolute atomic E-state index is 0.373. The summed E-state index contributed by atoms with van der Waals surface area (Å²) in [5.41, 5.74) is 1.36. The van der Waals surface area contributed by atoms with Crippen molar-refractivity contribution < 1.29 is 4.79 Å². The molecule has 0 aliphatic heterocycles. The van der Waals surface area contributed by atoms with Gasteiger partial charge in [0.05, 0.1) is 0 Å². The lowest BCUT2D eigenvalue weighted by Crippen LogP contribution is -2.38. The van der Waals surface area contributed by atoms with Gasteiger partial charge in [-0.3, -0.25) is 4.79 Å². The van der Waals surface area contributed by atoms with Gasteiger partial charge in [-0.15, -0.1) is 0 Å². The number of benzene rings is 1. The van der Waals surface area contributed by atoms with Crippen LogP contribution in [-0.4, -0.2) is 5.78 Å². The molecule has 1 aromatic rings. The Morgan fingerprint density at radius 1 is 1.18 bits per heavy atom. The van der Waals surface area contributed by atoms with E-state index in [1.165, 1.54) is 12.0 Å². The summed E-state index contributed by atoms with van der Waals surface area (Å²) < 4.78 is 0. The number of hydrogen-bond acceptors (Lipinski definition) is 1. The Balaban J connectivity index is 1.70. The van der Waals surface area contributed by atoms with Gasteiger partial charge in [0, 0.05) is 17.4 Å². The molecule has 2 heteroatoms. The number of Topliss-reactive ketones (excluding diaryl/α,β-unsaturated/α-hetero) is 1. The van der Waals surface area contributed by atoms with Gasteiger partial charge in [0.2, 0.25) is 0 Å². The maximum atomic E-state index is 11.7. The molecular formula is C15H17ClO. The molecule has 1 nitrogen and oxygen atoms in total. The van der Waals surface area contributed by atoms with Crippen LogP contribution in [-0.2, 0) is 11.2 Å². The number of rotatable bonds is 2. The molecule has 90 valence electrons. The van der Waals surface area contributed by atoms with E-state index in [2.05, 4.69) is 12.1 Å². The molecule has 4 rings (SSSR count). The highest BCUT2D eigenvalue weighted by molar-refractivity contribution is 6.30. The fraction of sp³-hybridized carbons (Fsp3) is 0.533. The number of carbonyl (C=O) groups excluding carboxylic acids is 1. The van der Waals surface area contributed by atoms with Crippen molar-refractivity contribution in [2.75, 3.05) is 0 Å². The van der Waals surface area contributed by atoms with Crippen LogP contribution in [0.3, 0.4) is 0 Å². The van der Waals surface area contributed by atoms with Crippen molar-refractivity contribution >= 4 is 17.4 Å². The first-order valence-corrected chi connectivity index (χ1v) is 6.87. The van der Waals surface area contributed by atoms with Crippen LogP contribution in [0, 0.1) is 17.8 Å². The first kappa shape index (κ1) is 11.3. The van der Waals surface area contributed by atoms with Crippen molar-refractivity contribution in [3.05, 3.63) is 34.9 Å². The molecule has 2 bridgehead atoms. The molecule has 3 atom stereocenters. The van der Waals surface area contributed by atoms with E-state index in [1.54, 1.807) is 0 Å². The third-order valence-electron chi connectivity index (χ3n) is 4.47. The van der Waals surface area contributed by atoms with Crippen molar-refractivity contribution in [1.82, 2.24) is 0 Å². The fourth-order valence-electron chi connectivity index (χ4n) is 3.49. The monoisotopic (exact) mass is 248 g/mol. The van der Waals surface area contributed by atoms with Crippen LogP contribution in [0.15, 0.2) is 24.3 Å². The lowest BCUT2D eigenvalue weighted by molar-refractivity contribution is -0.131. The summed E-state index contributed by atoms with van der Waals surface area (Å²) in [7, 11) is 0. The summed E-state index contributed by atoms with van der Waals surface area (Å²) in [6, 6.07) is 8.16. The van der Waals surface area contributed by atoms with Crippen LogP contribution in [0.4, 0.5) is 0 Å². The SMILES string of the molecule is O=C1CC2CCC1CC2Cc1ccc(Cl)cc1. The van der Waals surface area contributed by atoms with Gasteiger partial charge in [-0.1, -0.05) is 23.7 Å². The molecule has 0 heterocycles. The molecule has 0 aromatic heterocycles. The Bertz CT molecular complexity index is 423. The topological polar surface area (TPSA) is 17.1 Å². The van der Waals surface area contributed by atoms with E-state index in [4.69, 9.17) is 11.6 Å². The number of fused-ring (bicyclic) bond motifs is 3. The van der Waals surface area contributed by atoms with Gasteiger partial charge in [-0.2, -0.15) is 0 Å². The molecule has 0 amide bonds. The maximum absolute atomic E-state index is 11.7. The zero-order valence-corrected chi connectivity index (χ0v) is 10.6. The lowest BCUT2D eigenvalue weighted by Gasteiger charge is -2.41. The van der Waals surface area contributed by atoms with E-state index in [0.717, 1.165) is 30.7 Å². The maximum Gasteiger partial charge on any atom is 0.136 e. The molecule has 0 saturated heterocycles. The molecule has 3 fully saturated rings. The highest BCUT2D eigenvalue weighted by Crippen LogP contribution is 2.44. The number of halogens is 1. The van der Waals surface area contributed by atoms with E-state index >= 15 is 0 Å². The second kappa shape index (κ2) is 4.45. The number of carbonyl (C=O) groups is 1. The smallest absolute Gasteiger partial charge is 0.136 e. The molecular weight excluding hydrogens is 232 g/mol. The van der Waals surface area contributed by atoms with Gasteiger partial charge in [0.15, 0.2) is 0 Å². The van der Waals surface area contributed by atoms with Gasteiger partial charge in [-0.25, -0.2) is 0 Å². The predicted molar refractivity (Wildman–Crippen MR) is 69.1 cm³/mol. The third-order valence-corrected chi connectivity index (χ3v) is 4.72. The minimum Gasteiger partial charge on any atom is -0.299 e. The average molecular weight is 249 g/mol. The largest absolute Gasteiger partial charge is 0.299 e. The highest BCUT2D eigenvalue weighted by atomic mass is 35.5. The second-order valence-electron chi connectivity index (χ2n) is 5.53. The van der Waals surface area contributed by atoms with Gasteiger partial charge >= 0.3 is 0 Å². The molecule has 3 saturated carbocycles. The van der Waals surface area contributed by atoms with Gasteiger partial charge in [0.25, 0.3) is 0 Å². The Hall–Kier alpha value is -0.820. The predicted octanol–water partition coefficient (Wildman–Crippen LogP) is 3.89. The van der Waals surface area contributed by atoms with Crippen LogP contribution < -0.4 is 0 Å². The zero-order valence-electron chi connectivity index (χ0n) is 9.86. The fourth-order valence-corrected chi connectivity index (χ4v) is 3.61. The summed E-state index contributed by atoms with van der Waals surface area (Å²) in [5, 5.41) is 0.800. The van der Waals surface area contributed by atoms with Crippen LogP contribution in [0.25, 0.3) is 0 Å². The lowest BCUT2D eigenvalue weighted by atomic mass is 9.63. The van der Waals surface area contributed by atoms with Crippen molar-refractivity contribution in [2.24, 2.45) is 17.8 Å². The van der Waals surface area contributed by atoms with E-state index in [-0.39, 0.29) is 0 Å². The summed E-state index contributed by atoms with van der Waals surface area (Å²) >= 11 is 5.89. The Morgan fingerprint density at radius 2 is 1.94 bits per heavy atom. The van der Waals surface area contributed by atoms with E-state index < -0.39 is 0 Å². The van der Waals surface area contributed by atoms with Gasteiger partial charge < -0.3 is 0 Å². The quantitative estimate of drug-likeness (QED) is 0.776. The molecule has 3 aliphatic carbocycles.